The molecule has 0 radical (unpaired) electrons. The zero-order valence-corrected chi connectivity index (χ0v) is 13.2. The van der Waals surface area contributed by atoms with Crippen LogP contribution in [0, 0.1) is 0 Å². The highest BCUT2D eigenvalue weighted by Crippen LogP contribution is 2.30. The molecule has 7 heteroatoms. The minimum atomic E-state index is -3.43. The van der Waals surface area contributed by atoms with Crippen LogP contribution in [0.5, 0.6) is 0 Å². The lowest BCUT2D eigenvalue weighted by Gasteiger charge is -2.40. The van der Waals surface area contributed by atoms with Gasteiger partial charge in [-0.2, -0.15) is 4.31 Å². The number of rotatable bonds is 5. The van der Waals surface area contributed by atoms with Crippen molar-refractivity contribution in [1.29, 1.82) is 0 Å². The highest BCUT2D eigenvalue weighted by atomic mass is 35.5. The molecule has 0 aliphatic carbocycles. The van der Waals surface area contributed by atoms with Gasteiger partial charge in [-0.1, -0.05) is 32.0 Å². The molecule has 0 aromatic carbocycles. The van der Waals surface area contributed by atoms with E-state index in [0.717, 1.165) is 0 Å². The van der Waals surface area contributed by atoms with Crippen LogP contribution in [0.4, 0.5) is 0 Å². The van der Waals surface area contributed by atoms with E-state index in [1.54, 1.807) is 0 Å². The molecule has 0 saturated carbocycles. The Balaban J connectivity index is 2.95. The van der Waals surface area contributed by atoms with E-state index in [4.69, 9.17) is 11.6 Å². The van der Waals surface area contributed by atoms with Crippen molar-refractivity contribution < 1.29 is 12.6 Å². The van der Waals surface area contributed by atoms with Gasteiger partial charge in [0.05, 0.1) is 10.5 Å². The Morgan fingerprint density at radius 1 is 1.44 bits per heavy atom. The summed E-state index contributed by atoms with van der Waals surface area (Å²) in [6, 6.07) is 0. The van der Waals surface area contributed by atoms with Crippen LogP contribution in [0.2, 0.25) is 0 Å². The number of hydrogen-bond donors (Lipinski definition) is 0. The number of sulfonamides is 1. The predicted molar refractivity (Wildman–Crippen MR) is 76.7 cm³/mol. The molecule has 106 valence electrons. The molecule has 0 aromatic rings. The van der Waals surface area contributed by atoms with Gasteiger partial charge < -0.3 is 0 Å². The summed E-state index contributed by atoms with van der Waals surface area (Å²) in [4.78, 5) is 0. The van der Waals surface area contributed by atoms with Crippen LogP contribution >= 0.6 is 11.6 Å². The number of halogens is 1. The Labute approximate surface area is 117 Å². The van der Waals surface area contributed by atoms with Crippen molar-refractivity contribution in [3.8, 4) is 0 Å². The van der Waals surface area contributed by atoms with Gasteiger partial charge in [0, 0.05) is 34.7 Å². The van der Waals surface area contributed by atoms with Crippen molar-refractivity contribution in [2.75, 3.05) is 24.6 Å². The van der Waals surface area contributed by atoms with Gasteiger partial charge in [0.15, 0.2) is 0 Å². The van der Waals surface area contributed by atoms with Crippen LogP contribution in [0.3, 0.4) is 0 Å². The minimum Gasteiger partial charge on any atom is -0.259 e. The first-order valence-electron chi connectivity index (χ1n) is 5.97. The fourth-order valence-electron chi connectivity index (χ4n) is 2.20. The lowest BCUT2D eigenvalue weighted by molar-refractivity contribution is 0.344. The summed E-state index contributed by atoms with van der Waals surface area (Å²) >= 11 is 5.59. The normalized spacial score (nSPS) is 24.9. The van der Waals surface area contributed by atoms with E-state index in [-0.39, 0.29) is 10.8 Å². The van der Waals surface area contributed by atoms with E-state index >= 15 is 0 Å². The second-order valence-corrected chi connectivity index (χ2v) is 9.02. The summed E-state index contributed by atoms with van der Waals surface area (Å²) in [5, 5.41) is 0.111. The van der Waals surface area contributed by atoms with E-state index in [9.17, 15) is 12.6 Å². The standard InChI is InChI=1S/C11H20ClNO3S2/c1-4-11(5-2)9-13(6-7-17(11)14)18(15,16)8-10(3)12/h3-9H2,1-2H3. The third kappa shape index (κ3) is 3.35. The minimum absolute atomic E-state index is 0.111. The molecule has 1 atom stereocenters. The topological polar surface area (TPSA) is 54.5 Å². The number of hydrogen-bond acceptors (Lipinski definition) is 3. The van der Waals surface area contributed by atoms with Crippen LogP contribution in [0.1, 0.15) is 26.7 Å². The maximum Gasteiger partial charge on any atom is 0.219 e. The maximum absolute atomic E-state index is 12.1. The third-order valence-electron chi connectivity index (χ3n) is 3.49. The van der Waals surface area contributed by atoms with E-state index in [1.807, 2.05) is 13.8 Å². The molecule has 4 nitrogen and oxygen atoms in total. The fourth-order valence-corrected chi connectivity index (χ4v) is 5.96. The van der Waals surface area contributed by atoms with Crippen molar-refractivity contribution in [1.82, 2.24) is 4.31 Å². The third-order valence-corrected chi connectivity index (χ3v) is 7.82. The van der Waals surface area contributed by atoms with E-state index < -0.39 is 25.6 Å². The molecule has 18 heavy (non-hydrogen) atoms. The molecule has 1 aliphatic heterocycles. The molecule has 0 bridgehead atoms. The first-order valence-corrected chi connectivity index (χ1v) is 9.27. The molecular weight excluding hydrogens is 294 g/mol. The lowest BCUT2D eigenvalue weighted by Crippen LogP contribution is -2.55. The summed E-state index contributed by atoms with van der Waals surface area (Å²) in [5.41, 5.74) is 0. The smallest absolute Gasteiger partial charge is 0.219 e. The monoisotopic (exact) mass is 313 g/mol. The predicted octanol–water partition coefficient (Wildman–Crippen LogP) is 1.69. The Bertz CT molecular complexity index is 443. The molecule has 0 N–H and O–H groups in total. The SMILES string of the molecule is C=C(Cl)CS(=O)(=O)N1CCS(=O)C(CC)(CC)C1. The van der Waals surface area contributed by atoms with E-state index in [2.05, 4.69) is 6.58 Å². The summed E-state index contributed by atoms with van der Waals surface area (Å²) in [5.74, 6) is 0.153. The molecule has 1 fully saturated rings. The number of nitrogens with zero attached hydrogens (tertiary/aromatic N) is 1. The Kier molecular flexibility index (Phi) is 5.41. The first kappa shape index (κ1) is 16.1. The zero-order chi connectivity index (χ0) is 14.0. The van der Waals surface area contributed by atoms with Crippen LogP contribution in [-0.2, 0) is 20.8 Å². The van der Waals surface area contributed by atoms with Gasteiger partial charge in [-0.3, -0.25) is 4.21 Å². The average molecular weight is 314 g/mol. The first-order chi connectivity index (χ1) is 8.27. The van der Waals surface area contributed by atoms with Crippen molar-refractivity contribution in [3.63, 3.8) is 0 Å². The molecule has 1 heterocycles. The summed E-state index contributed by atoms with van der Waals surface area (Å²) in [6.07, 6.45) is 1.42. The van der Waals surface area contributed by atoms with Crippen LogP contribution in [0.25, 0.3) is 0 Å². The Morgan fingerprint density at radius 2 is 2.00 bits per heavy atom. The molecule has 0 aromatic heterocycles. The van der Waals surface area contributed by atoms with Crippen LogP contribution in [-0.4, -0.2) is 46.3 Å². The van der Waals surface area contributed by atoms with Gasteiger partial charge in [0.1, 0.15) is 0 Å². The largest absolute Gasteiger partial charge is 0.259 e. The summed E-state index contributed by atoms with van der Waals surface area (Å²) in [6.45, 7) is 7.96. The van der Waals surface area contributed by atoms with Crippen molar-refractivity contribution >= 4 is 32.4 Å². The van der Waals surface area contributed by atoms with Gasteiger partial charge in [-0.15, -0.1) is 0 Å². The van der Waals surface area contributed by atoms with Crippen molar-refractivity contribution in [2.24, 2.45) is 0 Å². The fraction of sp³-hybridized carbons (Fsp3) is 0.818. The molecule has 1 rings (SSSR count). The van der Waals surface area contributed by atoms with Gasteiger partial charge in [0.2, 0.25) is 10.0 Å². The molecule has 0 spiro atoms. The maximum atomic E-state index is 12.1. The molecule has 1 unspecified atom stereocenters. The highest BCUT2D eigenvalue weighted by molar-refractivity contribution is 7.90. The van der Waals surface area contributed by atoms with Crippen LogP contribution in [0.15, 0.2) is 11.6 Å². The van der Waals surface area contributed by atoms with Gasteiger partial charge in [-0.25, -0.2) is 8.42 Å². The average Bonchev–Trinajstić information content (AvgIpc) is 2.28. The van der Waals surface area contributed by atoms with E-state index in [1.165, 1.54) is 4.31 Å². The summed E-state index contributed by atoms with van der Waals surface area (Å²) in [7, 11) is -4.40. The Morgan fingerprint density at radius 3 is 2.44 bits per heavy atom. The highest BCUT2D eigenvalue weighted by Gasteiger charge is 2.42. The van der Waals surface area contributed by atoms with Crippen molar-refractivity contribution in [3.05, 3.63) is 11.6 Å². The van der Waals surface area contributed by atoms with Gasteiger partial charge in [0.25, 0.3) is 0 Å². The molecule has 0 amide bonds. The second kappa shape index (κ2) is 6.03. The molecular formula is C11H20ClNO3S2. The van der Waals surface area contributed by atoms with Gasteiger partial charge in [-0.05, 0) is 12.8 Å². The van der Waals surface area contributed by atoms with Gasteiger partial charge >= 0.3 is 0 Å². The summed E-state index contributed by atoms with van der Waals surface area (Å²) < 4.78 is 37.3. The molecule has 1 saturated heterocycles. The quantitative estimate of drug-likeness (QED) is 0.776. The van der Waals surface area contributed by atoms with E-state index in [0.29, 0.717) is 31.7 Å². The lowest BCUT2D eigenvalue weighted by atomic mass is 10.0. The zero-order valence-electron chi connectivity index (χ0n) is 10.8. The second-order valence-electron chi connectivity index (χ2n) is 4.55. The van der Waals surface area contributed by atoms with Crippen molar-refractivity contribution in [2.45, 2.75) is 31.4 Å². The van der Waals surface area contributed by atoms with Crippen LogP contribution < -0.4 is 0 Å². The Hall–Kier alpha value is 0.0900. The molecule has 1 aliphatic rings.